The van der Waals surface area contributed by atoms with Crippen molar-refractivity contribution in [1.29, 1.82) is 0 Å². The van der Waals surface area contributed by atoms with Crippen LogP contribution in [0.4, 0.5) is 11.4 Å². The summed E-state index contributed by atoms with van der Waals surface area (Å²) >= 11 is 0. The number of rotatable bonds is 18. The van der Waals surface area contributed by atoms with E-state index in [0.717, 1.165) is 104 Å². The molecule has 2 aromatic carbocycles. The number of anilines is 1. The molecule has 1 aliphatic carbocycles. The Morgan fingerprint density at radius 2 is 1.65 bits per heavy atom. The number of aromatic nitrogens is 1. The normalized spacial score (nSPS) is 17.8. The molecule has 0 unspecified atom stereocenters. The molecule has 0 radical (unpaired) electrons. The predicted octanol–water partition coefficient (Wildman–Crippen LogP) is 9.74. The van der Waals surface area contributed by atoms with Gasteiger partial charge in [0.25, 0.3) is 11.8 Å². The number of hydrogen-bond donors (Lipinski definition) is 2. The zero-order valence-electron chi connectivity index (χ0n) is 36.7. The molecule has 10 nitrogen and oxygen atoms in total. The summed E-state index contributed by atoms with van der Waals surface area (Å²) in [4.78, 5) is 66.4. The van der Waals surface area contributed by atoms with Gasteiger partial charge in [-0.15, -0.1) is 0 Å². The summed E-state index contributed by atoms with van der Waals surface area (Å²) in [6.07, 6.45) is 14.9. The van der Waals surface area contributed by atoms with Crippen LogP contribution in [0.15, 0.2) is 65.3 Å². The smallest absolute Gasteiger partial charge is 0.255 e. The molecule has 320 valence electrons. The largest absolute Gasteiger partial charge is 0.352 e. The summed E-state index contributed by atoms with van der Waals surface area (Å²) in [5.41, 5.74) is 8.02. The highest BCUT2D eigenvalue weighted by Gasteiger charge is 2.26. The second kappa shape index (κ2) is 21.5. The van der Waals surface area contributed by atoms with Gasteiger partial charge in [-0.2, -0.15) is 0 Å². The maximum Gasteiger partial charge on any atom is 0.255 e. The van der Waals surface area contributed by atoms with Gasteiger partial charge in [0, 0.05) is 98.1 Å². The first kappa shape index (κ1) is 44.6. The fourth-order valence-electron chi connectivity index (χ4n) is 8.88. The van der Waals surface area contributed by atoms with Crippen molar-refractivity contribution in [2.75, 3.05) is 31.5 Å². The minimum Gasteiger partial charge on any atom is -0.352 e. The molecular weight excluding hydrogens is 749 g/mol. The highest BCUT2D eigenvalue weighted by atomic mass is 16.2. The van der Waals surface area contributed by atoms with Crippen LogP contribution in [0.3, 0.4) is 0 Å². The standard InChI is InChI=1S/C50H66N6O4/c1-6-24-56(25-7-2)50(60)42-27-35(5)53-46-30-41(21-20-40(46)28-42)49(59)54-44-29-43-33-55(26-22-45(43)52-31-44)32-37-14-18-39(19-15-37)48(58)51-23-8-9-47(57)38-16-12-36(13-17-38)11-10-34(3)4/h14-15,18-21,28-31,34,36,38H,6-13,16-17,22-27,32-33H2,1-5H3,(H,51,58)(H,54,59). The van der Waals surface area contributed by atoms with Crippen LogP contribution in [-0.2, 0) is 29.1 Å². The van der Waals surface area contributed by atoms with E-state index in [2.05, 4.69) is 43.2 Å². The molecule has 0 spiro atoms. The number of hydrogen-bond acceptors (Lipinski definition) is 7. The summed E-state index contributed by atoms with van der Waals surface area (Å²) in [5, 5.41) is 6.05. The number of ketones is 1. The van der Waals surface area contributed by atoms with E-state index in [-0.39, 0.29) is 23.6 Å². The highest BCUT2D eigenvalue weighted by molar-refractivity contribution is 6.08. The molecule has 2 aliphatic heterocycles. The van der Waals surface area contributed by atoms with E-state index in [1.807, 2.05) is 54.3 Å². The molecule has 3 aromatic rings. The number of nitrogens with zero attached hydrogens (tertiary/aromatic N) is 4. The second-order valence-electron chi connectivity index (χ2n) is 17.7. The Labute approximate surface area is 357 Å². The van der Waals surface area contributed by atoms with Crippen LogP contribution in [0.2, 0.25) is 0 Å². The first-order valence-electron chi connectivity index (χ1n) is 22.6. The summed E-state index contributed by atoms with van der Waals surface area (Å²) < 4.78 is 0. The molecule has 1 fully saturated rings. The van der Waals surface area contributed by atoms with E-state index in [9.17, 15) is 19.2 Å². The average Bonchev–Trinajstić information content (AvgIpc) is 3.41. The van der Waals surface area contributed by atoms with Crippen molar-refractivity contribution in [2.45, 2.75) is 125 Å². The summed E-state index contributed by atoms with van der Waals surface area (Å²) in [5.74, 6) is 1.79. The molecule has 0 bridgehead atoms. The van der Waals surface area contributed by atoms with E-state index < -0.39 is 0 Å². The van der Waals surface area contributed by atoms with Crippen molar-refractivity contribution >= 4 is 46.7 Å². The van der Waals surface area contributed by atoms with Gasteiger partial charge in [-0.3, -0.25) is 34.1 Å². The lowest BCUT2D eigenvalue weighted by Gasteiger charge is -2.28. The molecule has 60 heavy (non-hydrogen) atoms. The van der Waals surface area contributed by atoms with Gasteiger partial charge in [-0.25, -0.2) is 0 Å². The van der Waals surface area contributed by atoms with Crippen molar-refractivity contribution in [3.8, 4) is 0 Å². The Morgan fingerprint density at radius 1 is 0.917 bits per heavy atom. The number of Topliss-reactive ketones (excluding diaryl/α,β-unsaturated/α-hetero) is 1. The number of amides is 3. The Hall–Kier alpha value is -4.96. The molecule has 3 heterocycles. The summed E-state index contributed by atoms with van der Waals surface area (Å²) in [6, 6.07) is 15.2. The Kier molecular flexibility index (Phi) is 16.0. The fraction of sp³-hybridized carbons (Fsp3) is 0.520. The van der Waals surface area contributed by atoms with Crippen LogP contribution in [0.1, 0.15) is 148 Å². The molecule has 0 atom stereocenters. The predicted molar refractivity (Wildman–Crippen MR) is 242 cm³/mol. The maximum atomic E-state index is 13.5. The maximum absolute atomic E-state index is 13.5. The molecule has 6 rings (SSSR count). The lowest BCUT2D eigenvalue weighted by atomic mass is 9.77. The van der Waals surface area contributed by atoms with Crippen LogP contribution in [0.25, 0.3) is 6.08 Å². The monoisotopic (exact) mass is 815 g/mol. The Morgan fingerprint density at radius 3 is 2.37 bits per heavy atom. The molecule has 10 heteroatoms. The molecule has 0 saturated heterocycles. The summed E-state index contributed by atoms with van der Waals surface area (Å²) in [7, 11) is 0. The second-order valence-corrected chi connectivity index (χ2v) is 17.7. The van der Waals surface area contributed by atoms with Crippen LogP contribution in [0.5, 0.6) is 0 Å². The van der Waals surface area contributed by atoms with Crippen LogP contribution < -0.4 is 10.6 Å². The van der Waals surface area contributed by atoms with E-state index in [1.54, 1.807) is 18.3 Å². The van der Waals surface area contributed by atoms with Gasteiger partial charge in [-0.1, -0.05) is 58.7 Å². The van der Waals surface area contributed by atoms with Crippen molar-refractivity contribution < 1.29 is 19.2 Å². The number of fused-ring (bicyclic) bond motifs is 2. The topological polar surface area (TPSA) is 124 Å². The molecule has 3 amide bonds. The highest BCUT2D eigenvalue weighted by Crippen LogP contribution is 2.34. The number of benzene rings is 2. The third-order valence-electron chi connectivity index (χ3n) is 12.3. The van der Waals surface area contributed by atoms with E-state index in [0.29, 0.717) is 60.6 Å². The van der Waals surface area contributed by atoms with Crippen molar-refractivity contribution in [3.63, 3.8) is 0 Å². The van der Waals surface area contributed by atoms with Crippen LogP contribution in [0, 0.1) is 17.8 Å². The fourth-order valence-corrected chi connectivity index (χ4v) is 8.88. The van der Waals surface area contributed by atoms with Crippen molar-refractivity contribution in [3.05, 3.63) is 93.8 Å². The third-order valence-corrected chi connectivity index (χ3v) is 12.3. The van der Waals surface area contributed by atoms with Gasteiger partial charge in [0.15, 0.2) is 0 Å². The van der Waals surface area contributed by atoms with E-state index >= 15 is 0 Å². The molecule has 1 aromatic heterocycles. The van der Waals surface area contributed by atoms with Gasteiger partial charge < -0.3 is 15.5 Å². The SMILES string of the molecule is CCCN(CCC)C(=O)C1=Cc2ccc(C(=O)Nc3cnc4c(c3)CN(Cc3ccc(C(=O)NCCCC(=O)C5CCC(CCC(C)C)CC5)cc3)CC4)cc2N=C(C)C1. The van der Waals surface area contributed by atoms with Crippen molar-refractivity contribution in [2.24, 2.45) is 22.7 Å². The average molecular weight is 815 g/mol. The number of pyridine rings is 1. The minimum atomic E-state index is -0.246. The quantitative estimate of drug-likeness (QED) is 0.123. The van der Waals surface area contributed by atoms with E-state index in [4.69, 9.17) is 9.98 Å². The van der Waals surface area contributed by atoms with Gasteiger partial charge in [0.2, 0.25) is 5.91 Å². The van der Waals surface area contributed by atoms with Gasteiger partial charge in [0.1, 0.15) is 5.78 Å². The number of nitrogens with one attached hydrogen (secondary N) is 2. The first-order chi connectivity index (χ1) is 29.0. The molecule has 3 aliphatic rings. The number of carbonyl (C=O) groups excluding carboxylic acids is 4. The Balaban J connectivity index is 0.968. The number of aliphatic imine (C=N–C) groups is 1. The zero-order chi connectivity index (χ0) is 42.6. The lowest BCUT2D eigenvalue weighted by molar-refractivity contribution is -0.127. The van der Waals surface area contributed by atoms with Crippen molar-refractivity contribution in [1.82, 2.24) is 20.1 Å². The Bertz CT molecular complexity index is 2040. The number of carbonyl (C=O) groups is 4. The van der Waals surface area contributed by atoms with E-state index in [1.165, 1.54) is 25.7 Å². The zero-order valence-corrected chi connectivity index (χ0v) is 36.7. The summed E-state index contributed by atoms with van der Waals surface area (Å²) in [6.45, 7) is 14.9. The molecular formula is C50H66N6O4. The molecule has 2 N–H and O–H groups in total. The molecule has 1 saturated carbocycles. The first-order valence-corrected chi connectivity index (χ1v) is 22.6. The minimum absolute atomic E-state index is 0.0514. The van der Waals surface area contributed by atoms with Gasteiger partial charge in [-0.05, 0) is 111 Å². The lowest BCUT2D eigenvalue weighted by Crippen LogP contribution is -2.33. The van der Waals surface area contributed by atoms with Crippen LogP contribution in [-0.4, -0.2) is 70.2 Å². The van der Waals surface area contributed by atoms with Gasteiger partial charge in [0.05, 0.1) is 17.6 Å². The van der Waals surface area contributed by atoms with Crippen LogP contribution >= 0.6 is 0 Å². The third kappa shape index (κ3) is 12.3. The van der Waals surface area contributed by atoms with Gasteiger partial charge >= 0.3 is 0 Å².